The molecule has 0 bridgehead atoms. The van der Waals surface area contributed by atoms with Crippen LogP contribution in [0.2, 0.25) is 0 Å². The van der Waals surface area contributed by atoms with E-state index in [2.05, 4.69) is 9.47 Å². The van der Waals surface area contributed by atoms with Crippen LogP contribution in [-0.4, -0.2) is 25.2 Å². The molecule has 0 unspecified atom stereocenters. The summed E-state index contributed by atoms with van der Waals surface area (Å²) < 4.78 is 14.2. The van der Waals surface area contributed by atoms with Gasteiger partial charge in [-0.25, -0.2) is 4.79 Å². The fraction of sp³-hybridized carbons (Fsp3) is 0.875. The first-order chi connectivity index (χ1) is 5.45. The molecule has 0 radical (unpaired) electrons. The van der Waals surface area contributed by atoms with Crippen molar-refractivity contribution in [3.05, 3.63) is 0 Å². The van der Waals surface area contributed by atoms with Gasteiger partial charge in [0, 0.05) is 0 Å². The van der Waals surface area contributed by atoms with Crippen molar-refractivity contribution in [3.63, 3.8) is 0 Å². The lowest BCUT2D eigenvalue weighted by atomic mass is 10.2. The summed E-state index contributed by atoms with van der Waals surface area (Å²) in [5.74, 6) is 0. The first-order valence-corrected chi connectivity index (χ1v) is 3.89. The lowest BCUT2D eigenvalue weighted by Gasteiger charge is -2.18. The third-order valence-electron chi connectivity index (χ3n) is 0.931. The quantitative estimate of drug-likeness (QED) is 0.487. The largest absolute Gasteiger partial charge is 0.510 e. The number of hydrogen-bond donors (Lipinski definition) is 0. The number of carbonyl (C=O) groups excluding carboxylic acids is 1. The maximum absolute atomic E-state index is 10.6. The maximum Gasteiger partial charge on any atom is 0.510 e. The van der Waals surface area contributed by atoms with Crippen molar-refractivity contribution in [1.29, 1.82) is 0 Å². The second-order valence-electron chi connectivity index (χ2n) is 3.20. The minimum Gasteiger partial charge on any atom is -0.435 e. The third-order valence-corrected chi connectivity index (χ3v) is 0.931. The van der Waals surface area contributed by atoms with Crippen LogP contribution < -0.4 is 0 Å². The molecular weight excluding hydrogens is 160 g/mol. The molecule has 0 saturated heterocycles. The molecule has 0 fully saturated rings. The first-order valence-electron chi connectivity index (χ1n) is 3.89. The van der Waals surface area contributed by atoms with Crippen molar-refractivity contribution in [2.45, 2.75) is 33.3 Å². The molecule has 0 aliphatic carbocycles. The van der Waals surface area contributed by atoms with Gasteiger partial charge in [0.2, 0.25) is 0 Å². The Morgan fingerprint density at radius 1 is 1.25 bits per heavy atom. The summed E-state index contributed by atoms with van der Waals surface area (Å²) in [6.45, 7) is 7.59. The molecule has 0 aromatic carbocycles. The second kappa shape index (κ2) is 4.98. The van der Waals surface area contributed by atoms with Crippen LogP contribution in [0.5, 0.6) is 0 Å². The SMILES string of the molecule is CCOC(=O)OCOC(C)(C)C. The zero-order chi connectivity index (χ0) is 9.61. The number of hydrogen-bond acceptors (Lipinski definition) is 4. The summed E-state index contributed by atoms with van der Waals surface area (Å²) >= 11 is 0. The average Bonchev–Trinajstić information content (AvgIpc) is 1.84. The lowest BCUT2D eigenvalue weighted by molar-refractivity contribution is -0.105. The van der Waals surface area contributed by atoms with Crippen LogP contribution in [0.15, 0.2) is 0 Å². The van der Waals surface area contributed by atoms with Crippen LogP contribution >= 0.6 is 0 Å². The Bertz CT molecular complexity index is 136. The second-order valence-corrected chi connectivity index (χ2v) is 3.20. The third kappa shape index (κ3) is 7.34. The zero-order valence-electron chi connectivity index (χ0n) is 8.05. The summed E-state index contributed by atoms with van der Waals surface area (Å²) in [5, 5.41) is 0. The monoisotopic (exact) mass is 176 g/mol. The Hall–Kier alpha value is -0.770. The highest BCUT2D eigenvalue weighted by molar-refractivity contribution is 5.59. The van der Waals surface area contributed by atoms with Crippen LogP contribution in [0, 0.1) is 0 Å². The summed E-state index contributed by atoms with van der Waals surface area (Å²) in [5.41, 5.74) is -0.299. The van der Waals surface area contributed by atoms with E-state index in [9.17, 15) is 4.79 Å². The first kappa shape index (κ1) is 11.2. The van der Waals surface area contributed by atoms with Gasteiger partial charge in [0.1, 0.15) is 0 Å². The van der Waals surface area contributed by atoms with Gasteiger partial charge < -0.3 is 14.2 Å². The molecule has 4 heteroatoms. The molecule has 0 aliphatic rings. The number of rotatable bonds is 3. The molecule has 0 amide bonds. The predicted octanol–water partition coefficient (Wildman–Crippen LogP) is 1.93. The van der Waals surface area contributed by atoms with Gasteiger partial charge in [-0.15, -0.1) is 0 Å². The molecule has 4 nitrogen and oxygen atoms in total. The minimum atomic E-state index is -0.693. The lowest BCUT2D eigenvalue weighted by Crippen LogP contribution is -2.22. The fourth-order valence-electron chi connectivity index (χ4n) is 0.414. The van der Waals surface area contributed by atoms with Gasteiger partial charge in [-0.05, 0) is 27.7 Å². The molecule has 72 valence electrons. The van der Waals surface area contributed by atoms with E-state index in [1.807, 2.05) is 20.8 Å². The Morgan fingerprint density at radius 3 is 2.25 bits per heavy atom. The van der Waals surface area contributed by atoms with E-state index in [0.717, 1.165) is 0 Å². The summed E-state index contributed by atoms with van der Waals surface area (Å²) in [4.78, 5) is 10.6. The van der Waals surface area contributed by atoms with Gasteiger partial charge in [-0.3, -0.25) is 0 Å². The number of carbonyl (C=O) groups is 1. The highest BCUT2D eigenvalue weighted by Crippen LogP contribution is 2.06. The molecule has 0 rings (SSSR count). The van der Waals surface area contributed by atoms with Gasteiger partial charge in [0.25, 0.3) is 0 Å². The van der Waals surface area contributed by atoms with Gasteiger partial charge in [-0.1, -0.05) is 0 Å². The number of ether oxygens (including phenoxy) is 3. The topological polar surface area (TPSA) is 44.8 Å². The Kier molecular flexibility index (Phi) is 4.66. The molecule has 0 atom stereocenters. The van der Waals surface area contributed by atoms with Crippen molar-refractivity contribution < 1.29 is 19.0 Å². The van der Waals surface area contributed by atoms with Crippen LogP contribution in [0.1, 0.15) is 27.7 Å². The van der Waals surface area contributed by atoms with Gasteiger partial charge in [0.05, 0.1) is 12.2 Å². The highest BCUT2D eigenvalue weighted by Gasteiger charge is 2.11. The zero-order valence-corrected chi connectivity index (χ0v) is 8.05. The highest BCUT2D eigenvalue weighted by atomic mass is 16.8. The van der Waals surface area contributed by atoms with Gasteiger partial charge >= 0.3 is 6.16 Å². The molecular formula is C8H16O4. The maximum atomic E-state index is 10.6. The Labute approximate surface area is 72.8 Å². The normalized spacial score (nSPS) is 11.0. The molecule has 0 N–H and O–H groups in total. The Balaban J connectivity index is 3.37. The van der Waals surface area contributed by atoms with E-state index >= 15 is 0 Å². The van der Waals surface area contributed by atoms with Gasteiger partial charge in [-0.2, -0.15) is 0 Å². The van der Waals surface area contributed by atoms with Crippen molar-refractivity contribution in [2.75, 3.05) is 13.4 Å². The summed E-state index contributed by atoms with van der Waals surface area (Å²) in [6, 6.07) is 0. The molecule has 0 aromatic heterocycles. The Morgan fingerprint density at radius 2 is 1.83 bits per heavy atom. The van der Waals surface area contributed by atoms with Crippen molar-refractivity contribution in [3.8, 4) is 0 Å². The van der Waals surface area contributed by atoms with Crippen molar-refractivity contribution in [2.24, 2.45) is 0 Å². The van der Waals surface area contributed by atoms with Crippen molar-refractivity contribution >= 4 is 6.16 Å². The minimum absolute atomic E-state index is 0.0671. The van der Waals surface area contributed by atoms with Crippen LogP contribution in [0.4, 0.5) is 4.79 Å². The molecule has 0 spiro atoms. The van der Waals surface area contributed by atoms with E-state index in [4.69, 9.17) is 4.74 Å². The van der Waals surface area contributed by atoms with Crippen LogP contribution in [0.25, 0.3) is 0 Å². The molecule has 0 saturated carbocycles. The van der Waals surface area contributed by atoms with Gasteiger partial charge in [0.15, 0.2) is 6.79 Å². The van der Waals surface area contributed by atoms with Crippen molar-refractivity contribution in [1.82, 2.24) is 0 Å². The standard InChI is InChI=1S/C8H16O4/c1-5-10-7(9)11-6-12-8(2,3)4/h5-6H2,1-4H3. The van der Waals surface area contributed by atoms with E-state index in [1.54, 1.807) is 6.92 Å². The molecule has 0 aromatic rings. The average molecular weight is 176 g/mol. The van der Waals surface area contributed by atoms with E-state index < -0.39 is 6.16 Å². The summed E-state index contributed by atoms with van der Waals surface area (Å²) in [6.07, 6.45) is -0.693. The molecule has 12 heavy (non-hydrogen) atoms. The molecule has 0 aliphatic heterocycles. The van der Waals surface area contributed by atoms with Crippen LogP contribution in [-0.2, 0) is 14.2 Å². The van der Waals surface area contributed by atoms with E-state index in [0.29, 0.717) is 6.61 Å². The van der Waals surface area contributed by atoms with Crippen LogP contribution in [0.3, 0.4) is 0 Å². The van der Waals surface area contributed by atoms with E-state index in [-0.39, 0.29) is 12.4 Å². The van der Waals surface area contributed by atoms with E-state index in [1.165, 1.54) is 0 Å². The fourth-order valence-corrected chi connectivity index (χ4v) is 0.414. The smallest absolute Gasteiger partial charge is 0.435 e. The predicted molar refractivity (Wildman–Crippen MR) is 43.8 cm³/mol. The molecule has 0 heterocycles. The summed E-state index contributed by atoms with van der Waals surface area (Å²) in [7, 11) is 0.